The highest BCUT2D eigenvalue weighted by atomic mass is 35.5. The van der Waals surface area contributed by atoms with Gasteiger partial charge in [-0.05, 0) is 85.0 Å². The highest BCUT2D eigenvalue weighted by Crippen LogP contribution is 2.27. The number of alkyl halides is 1. The fourth-order valence-electron chi connectivity index (χ4n) is 4.86. The molecule has 0 radical (unpaired) electrons. The SMILES string of the molecule is Cc1cc(Cl)ccc1Cc1cc2cc(C(=O)N[C@@H](CO)c3ccc(S(=O)(=O)NC4CC4)cc3)ccc2n1CCF. The van der Waals surface area contributed by atoms with Crippen LogP contribution in [0.3, 0.4) is 0 Å². The third-order valence-corrected chi connectivity index (χ3v) is 8.98. The molecule has 5 rings (SSSR count). The number of hydrogen-bond donors (Lipinski definition) is 3. The van der Waals surface area contributed by atoms with E-state index in [2.05, 4.69) is 10.0 Å². The largest absolute Gasteiger partial charge is 0.394 e. The van der Waals surface area contributed by atoms with E-state index in [1.807, 2.05) is 35.8 Å². The Hall–Kier alpha value is -3.24. The van der Waals surface area contributed by atoms with Gasteiger partial charge < -0.3 is 15.0 Å². The van der Waals surface area contributed by atoms with Gasteiger partial charge in [-0.1, -0.05) is 29.8 Å². The lowest BCUT2D eigenvalue weighted by Crippen LogP contribution is -2.31. The predicted octanol–water partition coefficient (Wildman–Crippen LogP) is 5.07. The molecule has 1 atom stereocenters. The van der Waals surface area contributed by atoms with Gasteiger partial charge in [0.2, 0.25) is 10.0 Å². The number of sulfonamides is 1. The molecule has 0 saturated heterocycles. The van der Waals surface area contributed by atoms with Crippen molar-refractivity contribution in [1.82, 2.24) is 14.6 Å². The Kier molecular flexibility index (Phi) is 8.28. The second-order valence-electron chi connectivity index (χ2n) is 10.2. The topological polar surface area (TPSA) is 100 Å². The Balaban J connectivity index is 1.35. The third-order valence-electron chi connectivity index (χ3n) is 7.21. The normalized spacial score (nSPS) is 14.4. The number of carbonyl (C=O) groups excluding carboxylic acids is 1. The number of amides is 1. The Labute approximate surface area is 238 Å². The number of nitrogens with zero attached hydrogens (tertiary/aromatic N) is 1. The predicted molar refractivity (Wildman–Crippen MR) is 154 cm³/mol. The average molecular weight is 584 g/mol. The maximum absolute atomic E-state index is 13.5. The van der Waals surface area contributed by atoms with E-state index < -0.39 is 22.7 Å². The molecule has 3 N–H and O–H groups in total. The summed E-state index contributed by atoms with van der Waals surface area (Å²) in [6.45, 7) is 1.30. The first kappa shape index (κ1) is 28.3. The van der Waals surface area contributed by atoms with Crippen LogP contribution in [0.25, 0.3) is 10.9 Å². The smallest absolute Gasteiger partial charge is 0.251 e. The number of aryl methyl sites for hydroxylation is 2. The number of halogens is 2. The van der Waals surface area contributed by atoms with E-state index in [4.69, 9.17) is 11.6 Å². The second-order valence-corrected chi connectivity index (χ2v) is 12.3. The molecule has 0 unspecified atom stereocenters. The lowest BCUT2D eigenvalue weighted by molar-refractivity contribution is 0.0916. The zero-order valence-corrected chi connectivity index (χ0v) is 23.6. The Morgan fingerprint density at radius 1 is 1.10 bits per heavy atom. The van der Waals surface area contributed by atoms with E-state index >= 15 is 0 Å². The van der Waals surface area contributed by atoms with Crippen LogP contribution in [0.4, 0.5) is 4.39 Å². The summed E-state index contributed by atoms with van der Waals surface area (Å²) in [6, 6.07) is 18.3. The van der Waals surface area contributed by atoms with Crippen LogP contribution in [0.2, 0.25) is 5.02 Å². The number of nitrogens with one attached hydrogen (secondary N) is 2. The van der Waals surface area contributed by atoms with Gasteiger partial charge in [0, 0.05) is 39.6 Å². The van der Waals surface area contributed by atoms with Crippen molar-refractivity contribution in [3.8, 4) is 0 Å². The molecule has 10 heteroatoms. The van der Waals surface area contributed by atoms with Crippen LogP contribution in [0.15, 0.2) is 71.6 Å². The summed E-state index contributed by atoms with van der Waals surface area (Å²) >= 11 is 6.11. The first-order chi connectivity index (χ1) is 19.2. The van der Waals surface area contributed by atoms with Crippen LogP contribution < -0.4 is 10.0 Å². The minimum atomic E-state index is -3.59. The van der Waals surface area contributed by atoms with Crippen LogP contribution in [0.1, 0.15) is 51.6 Å². The van der Waals surface area contributed by atoms with Crippen molar-refractivity contribution < 1.29 is 22.7 Å². The van der Waals surface area contributed by atoms with Gasteiger partial charge in [-0.2, -0.15) is 0 Å². The maximum atomic E-state index is 13.5. The number of aromatic nitrogens is 1. The summed E-state index contributed by atoms with van der Waals surface area (Å²) in [4.78, 5) is 13.3. The highest BCUT2D eigenvalue weighted by molar-refractivity contribution is 7.89. The molecule has 40 heavy (non-hydrogen) atoms. The van der Waals surface area contributed by atoms with Crippen LogP contribution in [0, 0.1) is 6.92 Å². The summed E-state index contributed by atoms with van der Waals surface area (Å²) < 4.78 is 42.9. The lowest BCUT2D eigenvalue weighted by atomic mass is 10.0. The molecule has 0 spiro atoms. The zero-order chi connectivity index (χ0) is 28.4. The molecule has 1 fully saturated rings. The molecule has 1 aromatic heterocycles. The lowest BCUT2D eigenvalue weighted by Gasteiger charge is -2.17. The summed E-state index contributed by atoms with van der Waals surface area (Å²) in [5, 5.41) is 14.3. The van der Waals surface area contributed by atoms with E-state index in [-0.39, 0.29) is 30.0 Å². The molecular formula is C30H31ClFN3O4S. The number of aliphatic hydroxyl groups excluding tert-OH is 1. The van der Waals surface area contributed by atoms with Crippen molar-refractivity contribution in [3.63, 3.8) is 0 Å². The first-order valence-corrected chi connectivity index (χ1v) is 15.0. The number of rotatable bonds is 11. The molecule has 1 heterocycles. The van der Waals surface area contributed by atoms with Crippen molar-refractivity contribution in [2.75, 3.05) is 13.3 Å². The summed E-state index contributed by atoms with van der Waals surface area (Å²) in [5.41, 5.74) is 4.85. The Morgan fingerprint density at radius 3 is 2.50 bits per heavy atom. The van der Waals surface area contributed by atoms with Gasteiger partial charge in [-0.3, -0.25) is 4.79 Å². The van der Waals surface area contributed by atoms with Crippen LogP contribution in [0.5, 0.6) is 0 Å². The van der Waals surface area contributed by atoms with Gasteiger partial charge in [0.1, 0.15) is 6.67 Å². The van der Waals surface area contributed by atoms with Crippen molar-refractivity contribution >= 4 is 38.4 Å². The number of hydrogen-bond acceptors (Lipinski definition) is 4. The van der Waals surface area contributed by atoms with Gasteiger partial charge in [0.05, 0.1) is 24.1 Å². The molecule has 7 nitrogen and oxygen atoms in total. The van der Waals surface area contributed by atoms with Gasteiger partial charge in [0.15, 0.2) is 0 Å². The Morgan fingerprint density at radius 2 is 1.85 bits per heavy atom. The van der Waals surface area contributed by atoms with Gasteiger partial charge in [-0.15, -0.1) is 0 Å². The minimum absolute atomic E-state index is 0.00185. The van der Waals surface area contributed by atoms with Crippen LogP contribution >= 0.6 is 11.6 Å². The number of aliphatic hydroxyl groups is 1. The number of carbonyl (C=O) groups is 1. The van der Waals surface area contributed by atoms with Crippen molar-refractivity contribution in [2.45, 2.75) is 49.7 Å². The molecule has 4 aromatic rings. The molecule has 1 aliphatic rings. The Bertz CT molecular complexity index is 1650. The molecular weight excluding hydrogens is 553 g/mol. The van der Waals surface area contributed by atoms with Gasteiger partial charge in [-0.25, -0.2) is 17.5 Å². The third kappa shape index (κ3) is 6.23. The van der Waals surface area contributed by atoms with Crippen molar-refractivity contribution in [2.24, 2.45) is 0 Å². The monoisotopic (exact) mass is 583 g/mol. The van der Waals surface area contributed by atoms with E-state index in [1.54, 1.807) is 30.3 Å². The molecule has 1 saturated carbocycles. The fraction of sp³-hybridized carbons (Fsp3) is 0.300. The summed E-state index contributed by atoms with van der Waals surface area (Å²) in [7, 11) is -3.59. The quantitative estimate of drug-likeness (QED) is 0.230. The van der Waals surface area contributed by atoms with Crippen LogP contribution in [-0.4, -0.2) is 43.3 Å². The van der Waals surface area contributed by atoms with E-state index in [1.165, 1.54) is 12.1 Å². The zero-order valence-electron chi connectivity index (χ0n) is 22.0. The van der Waals surface area contributed by atoms with E-state index in [0.29, 0.717) is 22.6 Å². The molecule has 1 aliphatic carbocycles. The molecule has 210 valence electrons. The summed E-state index contributed by atoms with van der Waals surface area (Å²) in [5.74, 6) is -0.388. The number of fused-ring (bicyclic) bond motifs is 1. The standard InChI is InChI=1S/C30H31ClFN3O4S/c1-19-14-24(31)6-2-21(19)16-26-17-23-15-22(5-11-29(23)35(26)13-12-32)30(37)33-28(18-36)20-3-9-27(10-4-20)40(38,39)34-25-7-8-25/h2-6,9-11,14-15,17,25,28,34,36H,7-8,12-13,16,18H2,1H3,(H,33,37)/t28-/m0/s1. The van der Waals surface area contributed by atoms with Gasteiger partial charge in [0.25, 0.3) is 5.91 Å². The molecule has 1 amide bonds. The van der Waals surface area contributed by atoms with Crippen molar-refractivity contribution in [3.05, 3.63) is 99.7 Å². The second kappa shape index (κ2) is 11.7. The van der Waals surface area contributed by atoms with Crippen LogP contribution in [-0.2, 0) is 23.0 Å². The maximum Gasteiger partial charge on any atom is 0.251 e. The summed E-state index contributed by atoms with van der Waals surface area (Å²) in [6.07, 6.45) is 2.27. The fourth-order valence-corrected chi connectivity index (χ4v) is 6.39. The highest BCUT2D eigenvalue weighted by Gasteiger charge is 2.28. The average Bonchev–Trinajstić information content (AvgIpc) is 3.68. The minimum Gasteiger partial charge on any atom is -0.394 e. The van der Waals surface area contributed by atoms with Gasteiger partial charge >= 0.3 is 0 Å². The van der Waals surface area contributed by atoms with E-state index in [9.17, 15) is 22.7 Å². The molecule has 3 aromatic carbocycles. The molecule has 0 bridgehead atoms. The molecule has 0 aliphatic heterocycles. The first-order valence-electron chi connectivity index (χ1n) is 13.2. The van der Waals surface area contributed by atoms with Crippen molar-refractivity contribution in [1.29, 1.82) is 0 Å². The van der Waals surface area contributed by atoms with E-state index in [0.717, 1.165) is 40.6 Å². The number of benzene rings is 3.